The van der Waals surface area contributed by atoms with Gasteiger partial charge in [0.25, 0.3) is 0 Å². The van der Waals surface area contributed by atoms with Crippen molar-refractivity contribution in [2.75, 3.05) is 5.73 Å². The monoisotopic (exact) mass is 239 g/mol. The van der Waals surface area contributed by atoms with E-state index in [0.717, 1.165) is 17.5 Å². The van der Waals surface area contributed by atoms with E-state index in [1.165, 1.54) is 5.56 Å². The first-order chi connectivity index (χ1) is 8.76. The summed E-state index contributed by atoms with van der Waals surface area (Å²) in [5, 5.41) is 0. The maximum atomic E-state index is 5.68. The molecular weight excluding hydrogens is 226 g/mol. The van der Waals surface area contributed by atoms with E-state index in [1.54, 1.807) is 18.3 Å². The molecule has 0 aliphatic rings. The Bertz CT molecular complexity index is 686. The Kier molecular flexibility index (Phi) is 2.48. The van der Waals surface area contributed by atoms with Crippen LogP contribution in [0.2, 0.25) is 0 Å². The van der Waals surface area contributed by atoms with Gasteiger partial charge in [-0.15, -0.1) is 0 Å². The van der Waals surface area contributed by atoms with Crippen LogP contribution in [-0.4, -0.2) is 9.97 Å². The molecule has 2 aromatic heterocycles. The smallest absolute Gasteiger partial charge is 0.246 e. The summed E-state index contributed by atoms with van der Waals surface area (Å²) in [4.78, 5) is 8.66. The Balaban J connectivity index is 2.10. The predicted molar refractivity (Wildman–Crippen MR) is 71.0 cm³/mol. The van der Waals surface area contributed by atoms with Crippen molar-refractivity contribution in [1.29, 1.82) is 0 Å². The first-order valence-electron chi connectivity index (χ1n) is 5.87. The van der Waals surface area contributed by atoms with Crippen LogP contribution in [0.4, 0.5) is 5.69 Å². The molecule has 90 valence electrons. The van der Waals surface area contributed by atoms with E-state index < -0.39 is 0 Å². The van der Waals surface area contributed by atoms with Gasteiger partial charge in [-0.1, -0.05) is 13.0 Å². The Hall–Kier alpha value is -2.36. The molecule has 0 spiro atoms. The van der Waals surface area contributed by atoms with Gasteiger partial charge in [0.15, 0.2) is 5.58 Å². The van der Waals surface area contributed by atoms with E-state index in [4.69, 9.17) is 10.2 Å². The van der Waals surface area contributed by atoms with Crippen molar-refractivity contribution in [3.8, 4) is 11.6 Å². The zero-order valence-corrected chi connectivity index (χ0v) is 10.1. The highest BCUT2D eigenvalue weighted by Crippen LogP contribution is 2.24. The van der Waals surface area contributed by atoms with E-state index in [0.29, 0.717) is 17.3 Å². The Morgan fingerprint density at radius 3 is 2.83 bits per heavy atom. The lowest BCUT2D eigenvalue weighted by Crippen LogP contribution is -1.87. The maximum absolute atomic E-state index is 5.68. The zero-order chi connectivity index (χ0) is 12.5. The fourth-order valence-electron chi connectivity index (χ4n) is 1.83. The number of nitrogen functional groups attached to an aromatic ring is 1. The van der Waals surface area contributed by atoms with E-state index in [2.05, 4.69) is 16.9 Å². The molecule has 0 bridgehead atoms. The fraction of sp³-hybridized carbons (Fsp3) is 0.143. The predicted octanol–water partition coefficient (Wildman–Crippen LogP) is 3.03. The zero-order valence-electron chi connectivity index (χ0n) is 10.1. The van der Waals surface area contributed by atoms with Crippen LogP contribution in [-0.2, 0) is 6.42 Å². The first kappa shape index (κ1) is 10.8. The molecule has 0 saturated carbocycles. The van der Waals surface area contributed by atoms with Gasteiger partial charge in [-0.25, -0.2) is 9.97 Å². The fourth-order valence-corrected chi connectivity index (χ4v) is 1.83. The van der Waals surface area contributed by atoms with E-state index in [-0.39, 0.29) is 0 Å². The van der Waals surface area contributed by atoms with Crippen LogP contribution < -0.4 is 5.73 Å². The van der Waals surface area contributed by atoms with Crippen LogP contribution in [0.25, 0.3) is 22.7 Å². The molecular formula is C14H13N3O. The molecule has 0 saturated heterocycles. The largest absolute Gasteiger partial charge is 0.435 e. The number of oxazole rings is 1. The second-order valence-corrected chi connectivity index (χ2v) is 4.15. The van der Waals surface area contributed by atoms with Crippen molar-refractivity contribution in [3.63, 3.8) is 0 Å². The van der Waals surface area contributed by atoms with Gasteiger partial charge in [-0.3, -0.25) is 0 Å². The lowest BCUT2D eigenvalue weighted by atomic mass is 10.1. The molecule has 3 aromatic rings. The molecule has 0 aliphatic heterocycles. The average Bonchev–Trinajstić information content (AvgIpc) is 2.82. The maximum Gasteiger partial charge on any atom is 0.246 e. The Labute approximate surface area is 104 Å². The summed E-state index contributed by atoms with van der Waals surface area (Å²) in [6, 6.07) is 9.63. The molecule has 1 aromatic carbocycles. The number of nitrogens with zero attached hydrogens (tertiary/aromatic N) is 2. The van der Waals surface area contributed by atoms with Gasteiger partial charge in [0.1, 0.15) is 11.2 Å². The van der Waals surface area contributed by atoms with Crippen LogP contribution in [0.15, 0.2) is 40.9 Å². The van der Waals surface area contributed by atoms with Crippen molar-refractivity contribution < 1.29 is 4.42 Å². The van der Waals surface area contributed by atoms with Crippen molar-refractivity contribution >= 4 is 16.8 Å². The van der Waals surface area contributed by atoms with Crippen molar-refractivity contribution in [3.05, 3.63) is 42.1 Å². The molecule has 0 fully saturated rings. The van der Waals surface area contributed by atoms with Gasteiger partial charge in [0.05, 0.1) is 11.9 Å². The third-order valence-corrected chi connectivity index (χ3v) is 2.87. The van der Waals surface area contributed by atoms with Gasteiger partial charge >= 0.3 is 0 Å². The number of benzene rings is 1. The third kappa shape index (κ3) is 1.82. The number of aromatic nitrogens is 2. The number of pyridine rings is 1. The first-order valence-corrected chi connectivity index (χ1v) is 5.87. The minimum absolute atomic E-state index is 0.526. The van der Waals surface area contributed by atoms with Gasteiger partial charge in [0.2, 0.25) is 5.89 Å². The minimum atomic E-state index is 0.526. The van der Waals surface area contributed by atoms with Crippen LogP contribution in [0.3, 0.4) is 0 Å². The van der Waals surface area contributed by atoms with E-state index in [1.807, 2.05) is 18.2 Å². The molecule has 3 rings (SSSR count). The number of nitrogens with two attached hydrogens (primary N) is 1. The summed E-state index contributed by atoms with van der Waals surface area (Å²) in [5.41, 5.74) is 9.81. The molecule has 2 heterocycles. The van der Waals surface area contributed by atoms with Gasteiger partial charge in [-0.2, -0.15) is 0 Å². The highest BCUT2D eigenvalue weighted by molar-refractivity contribution is 5.76. The summed E-state index contributed by atoms with van der Waals surface area (Å²) >= 11 is 0. The molecule has 0 aliphatic carbocycles. The lowest BCUT2D eigenvalue weighted by molar-refractivity contribution is 0.617. The topological polar surface area (TPSA) is 64.9 Å². The van der Waals surface area contributed by atoms with Gasteiger partial charge in [-0.05, 0) is 36.2 Å². The number of anilines is 1. The number of fused-ring (bicyclic) bond motifs is 1. The number of aryl methyl sites for hydroxylation is 1. The highest BCUT2D eigenvalue weighted by atomic mass is 16.3. The van der Waals surface area contributed by atoms with Crippen LogP contribution in [0, 0.1) is 0 Å². The number of hydrogen-bond donors (Lipinski definition) is 1. The highest BCUT2D eigenvalue weighted by Gasteiger charge is 2.09. The normalized spacial score (nSPS) is 10.9. The second kappa shape index (κ2) is 4.14. The molecule has 4 heteroatoms. The Morgan fingerprint density at radius 1 is 1.22 bits per heavy atom. The molecule has 18 heavy (non-hydrogen) atoms. The molecule has 0 amide bonds. The molecule has 0 atom stereocenters. The van der Waals surface area contributed by atoms with Crippen molar-refractivity contribution in [1.82, 2.24) is 9.97 Å². The molecule has 0 radical (unpaired) electrons. The van der Waals surface area contributed by atoms with Gasteiger partial charge in [0, 0.05) is 0 Å². The third-order valence-electron chi connectivity index (χ3n) is 2.87. The molecule has 2 N–H and O–H groups in total. The standard InChI is InChI=1S/C14H13N3O/c1-2-9-3-6-13-12(7-9)17-14(18-13)11-5-4-10(15)8-16-11/h3-8H,2,15H2,1H3. The summed E-state index contributed by atoms with van der Waals surface area (Å²) < 4.78 is 5.68. The van der Waals surface area contributed by atoms with E-state index >= 15 is 0 Å². The Morgan fingerprint density at radius 2 is 2.11 bits per heavy atom. The summed E-state index contributed by atoms with van der Waals surface area (Å²) in [5.74, 6) is 0.526. The number of hydrogen-bond acceptors (Lipinski definition) is 4. The quantitative estimate of drug-likeness (QED) is 0.746. The summed E-state index contributed by atoms with van der Waals surface area (Å²) in [6.45, 7) is 2.11. The van der Waals surface area contributed by atoms with Crippen molar-refractivity contribution in [2.45, 2.75) is 13.3 Å². The SMILES string of the molecule is CCc1ccc2oc(-c3ccc(N)cn3)nc2c1. The molecule has 4 nitrogen and oxygen atoms in total. The minimum Gasteiger partial charge on any atom is -0.435 e. The molecule has 0 unspecified atom stereocenters. The lowest BCUT2D eigenvalue weighted by Gasteiger charge is -1.94. The van der Waals surface area contributed by atoms with Crippen LogP contribution in [0.1, 0.15) is 12.5 Å². The van der Waals surface area contributed by atoms with E-state index in [9.17, 15) is 0 Å². The van der Waals surface area contributed by atoms with Crippen LogP contribution in [0.5, 0.6) is 0 Å². The second-order valence-electron chi connectivity index (χ2n) is 4.15. The van der Waals surface area contributed by atoms with Crippen molar-refractivity contribution in [2.24, 2.45) is 0 Å². The number of rotatable bonds is 2. The average molecular weight is 239 g/mol. The van der Waals surface area contributed by atoms with Crippen LogP contribution >= 0.6 is 0 Å². The summed E-state index contributed by atoms with van der Waals surface area (Å²) in [7, 11) is 0. The van der Waals surface area contributed by atoms with Gasteiger partial charge < -0.3 is 10.2 Å². The summed E-state index contributed by atoms with van der Waals surface area (Å²) in [6.07, 6.45) is 2.58.